The van der Waals surface area contributed by atoms with Crippen LogP contribution in [-0.4, -0.2) is 20.8 Å². The third-order valence-electron chi connectivity index (χ3n) is 4.06. The van der Waals surface area contributed by atoms with E-state index in [1.54, 1.807) is 4.68 Å². The summed E-state index contributed by atoms with van der Waals surface area (Å²) in [5, 5.41) is 11.1. The summed E-state index contributed by atoms with van der Waals surface area (Å²) in [6.07, 6.45) is 4.75. The highest BCUT2D eigenvalue weighted by molar-refractivity contribution is 5.93. The summed E-state index contributed by atoms with van der Waals surface area (Å²) < 4.78 is 7.06. The lowest BCUT2D eigenvalue weighted by Crippen LogP contribution is -2.25. The van der Waals surface area contributed by atoms with Crippen molar-refractivity contribution in [3.8, 4) is 0 Å². The van der Waals surface area contributed by atoms with E-state index in [9.17, 15) is 4.79 Å². The average Bonchev–Trinajstić information content (AvgIpc) is 2.99. The molecule has 0 aromatic carbocycles. The van der Waals surface area contributed by atoms with E-state index in [1.165, 1.54) is 0 Å². The van der Waals surface area contributed by atoms with Crippen molar-refractivity contribution < 1.29 is 9.32 Å². The minimum absolute atomic E-state index is 0.169. The van der Waals surface area contributed by atoms with E-state index >= 15 is 0 Å². The second-order valence-corrected chi connectivity index (χ2v) is 5.88. The fraction of sp³-hybridized carbons (Fsp3) is 0.533. The van der Waals surface area contributed by atoms with E-state index in [1.807, 2.05) is 20.2 Å². The largest absolute Gasteiger partial charge is 0.360 e. The van der Waals surface area contributed by atoms with Crippen LogP contribution in [0.4, 0.5) is 0 Å². The number of aryl methyl sites for hydroxylation is 3. The van der Waals surface area contributed by atoms with Gasteiger partial charge in [-0.3, -0.25) is 9.48 Å². The zero-order valence-electron chi connectivity index (χ0n) is 12.6. The van der Waals surface area contributed by atoms with Gasteiger partial charge in [-0.05, 0) is 25.7 Å². The molecular formula is C15H20N4O2. The van der Waals surface area contributed by atoms with Crippen molar-refractivity contribution in [2.24, 2.45) is 13.0 Å². The Morgan fingerprint density at radius 2 is 2.38 bits per heavy atom. The van der Waals surface area contributed by atoms with Crippen molar-refractivity contribution in [3.05, 3.63) is 34.5 Å². The van der Waals surface area contributed by atoms with Gasteiger partial charge in [-0.1, -0.05) is 12.1 Å². The van der Waals surface area contributed by atoms with Gasteiger partial charge in [-0.25, -0.2) is 0 Å². The molecule has 0 radical (unpaired) electrons. The molecule has 6 nitrogen and oxygen atoms in total. The summed E-state index contributed by atoms with van der Waals surface area (Å²) in [7, 11) is 1.87. The van der Waals surface area contributed by atoms with Gasteiger partial charge in [-0.15, -0.1) is 0 Å². The number of nitrogens with one attached hydrogen (secondary N) is 1. The Labute approximate surface area is 123 Å². The van der Waals surface area contributed by atoms with Crippen molar-refractivity contribution in [2.75, 3.05) is 0 Å². The Morgan fingerprint density at radius 1 is 1.57 bits per heavy atom. The maximum atomic E-state index is 12.3. The molecule has 2 aromatic rings. The zero-order valence-corrected chi connectivity index (χ0v) is 12.6. The van der Waals surface area contributed by atoms with Crippen LogP contribution in [0.25, 0.3) is 0 Å². The van der Waals surface area contributed by atoms with Crippen molar-refractivity contribution in [3.63, 3.8) is 0 Å². The Balaban J connectivity index is 1.72. The van der Waals surface area contributed by atoms with Gasteiger partial charge in [0.25, 0.3) is 5.91 Å². The second-order valence-electron chi connectivity index (χ2n) is 5.88. The quantitative estimate of drug-likeness (QED) is 0.934. The number of rotatable bonds is 3. The van der Waals surface area contributed by atoms with E-state index < -0.39 is 0 Å². The van der Waals surface area contributed by atoms with Crippen LogP contribution < -0.4 is 5.32 Å². The van der Waals surface area contributed by atoms with E-state index in [2.05, 4.69) is 22.5 Å². The molecule has 1 aliphatic rings. The molecule has 0 unspecified atom stereocenters. The summed E-state index contributed by atoms with van der Waals surface area (Å²) in [5.41, 5.74) is 3.36. The first-order valence-corrected chi connectivity index (χ1v) is 7.29. The van der Waals surface area contributed by atoms with Gasteiger partial charge in [0.2, 0.25) is 0 Å². The molecule has 0 saturated heterocycles. The smallest absolute Gasteiger partial charge is 0.274 e. The number of hydrogen-bond donors (Lipinski definition) is 1. The van der Waals surface area contributed by atoms with E-state index in [0.29, 0.717) is 18.2 Å². The molecule has 1 N–H and O–H groups in total. The third kappa shape index (κ3) is 2.70. The van der Waals surface area contributed by atoms with Crippen LogP contribution in [-0.2, 0) is 26.4 Å². The Morgan fingerprint density at radius 3 is 3.10 bits per heavy atom. The van der Waals surface area contributed by atoms with Crippen molar-refractivity contribution >= 4 is 5.91 Å². The van der Waals surface area contributed by atoms with Crippen LogP contribution in [0.15, 0.2) is 10.7 Å². The van der Waals surface area contributed by atoms with Crippen LogP contribution in [0.5, 0.6) is 0 Å². The van der Waals surface area contributed by atoms with E-state index in [-0.39, 0.29) is 5.91 Å². The van der Waals surface area contributed by atoms with Crippen LogP contribution in [0.1, 0.15) is 46.4 Å². The number of amides is 1. The highest BCUT2D eigenvalue weighted by atomic mass is 16.5. The first-order chi connectivity index (χ1) is 10.0. The number of carbonyl (C=O) groups excluding carboxylic acids is 1. The maximum Gasteiger partial charge on any atom is 0.274 e. The number of fused-ring (bicyclic) bond motifs is 1. The molecule has 0 spiro atoms. The fourth-order valence-corrected chi connectivity index (χ4v) is 2.84. The molecule has 2 heterocycles. The molecular weight excluding hydrogens is 268 g/mol. The molecule has 0 aliphatic heterocycles. The summed E-state index contributed by atoms with van der Waals surface area (Å²) in [5.74, 6) is 1.28. The lowest BCUT2D eigenvalue weighted by Gasteiger charge is -2.16. The van der Waals surface area contributed by atoms with Gasteiger partial charge < -0.3 is 9.84 Å². The molecule has 0 bridgehead atoms. The van der Waals surface area contributed by atoms with Crippen LogP contribution in [0, 0.1) is 12.8 Å². The molecule has 1 atom stereocenters. The summed E-state index contributed by atoms with van der Waals surface area (Å²) in [4.78, 5) is 12.3. The summed E-state index contributed by atoms with van der Waals surface area (Å²) in [6, 6.07) is 0. The standard InChI is InChI=1S/C15H20N4O2/c1-9-4-5-13-12(6-9)14(18-21-13)15(20)16-7-11-8-19(3)17-10(11)2/h8-9H,4-7H2,1-3H3,(H,16,20)/t9-/m1/s1. The molecule has 21 heavy (non-hydrogen) atoms. The topological polar surface area (TPSA) is 73.0 Å². The van der Waals surface area contributed by atoms with Crippen LogP contribution in [0.2, 0.25) is 0 Å². The Hall–Kier alpha value is -2.11. The molecule has 112 valence electrons. The van der Waals surface area contributed by atoms with Crippen molar-refractivity contribution in [1.29, 1.82) is 0 Å². The monoisotopic (exact) mass is 288 g/mol. The molecule has 3 rings (SSSR count). The highest BCUT2D eigenvalue weighted by Crippen LogP contribution is 2.27. The number of nitrogens with zero attached hydrogens (tertiary/aromatic N) is 3. The molecule has 6 heteroatoms. The normalized spacial score (nSPS) is 17.6. The van der Waals surface area contributed by atoms with Gasteiger partial charge in [0.1, 0.15) is 5.76 Å². The summed E-state index contributed by atoms with van der Waals surface area (Å²) in [6.45, 7) is 4.58. The zero-order chi connectivity index (χ0) is 15.0. The van der Waals surface area contributed by atoms with E-state index in [4.69, 9.17) is 4.52 Å². The number of carbonyl (C=O) groups is 1. The molecule has 0 fully saturated rings. The fourth-order valence-electron chi connectivity index (χ4n) is 2.84. The van der Waals surface area contributed by atoms with Gasteiger partial charge in [0.15, 0.2) is 5.69 Å². The van der Waals surface area contributed by atoms with Gasteiger partial charge in [0, 0.05) is 37.3 Å². The highest BCUT2D eigenvalue weighted by Gasteiger charge is 2.26. The lowest BCUT2D eigenvalue weighted by atomic mass is 9.88. The first-order valence-electron chi connectivity index (χ1n) is 7.29. The average molecular weight is 288 g/mol. The van der Waals surface area contributed by atoms with E-state index in [0.717, 1.165) is 41.8 Å². The third-order valence-corrected chi connectivity index (χ3v) is 4.06. The van der Waals surface area contributed by atoms with Gasteiger partial charge in [0.05, 0.1) is 5.69 Å². The van der Waals surface area contributed by atoms with Crippen molar-refractivity contribution in [2.45, 2.75) is 39.7 Å². The minimum atomic E-state index is -0.169. The molecule has 1 amide bonds. The van der Waals surface area contributed by atoms with Gasteiger partial charge >= 0.3 is 0 Å². The molecule has 2 aromatic heterocycles. The Bertz CT molecular complexity index is 671. The van der Waals surface area contributed by atoms with Crippen LogP contribution in [0.3, 0.4) is 0 Å². The number of aromatic nitrogens is 3. The maximum absolute atomic E-state index is 12.3. The van der Waals surface area contributed by atoms with Crippen LogP contribution >= 0.6 is 0 Å². The number of hydrogen-bond acceptors (Lipinski definition) is 4. The minimum Gasteiger partial charge on any atom is -0.360 e. The Kier molecular flexibility index (Phi) is 3.53. The predicted octanol–water partition coefficient (Wildman–Crippen LogP) is 1.77. The molecule has 1 aliphatic carbocycles. The second kappa shape index (κ2) is 5.35. The lowest BCUT2D eigenvalue weighted by molar-refractivity contribution is 0.0941. The first kappa shape index (κ1) is 13.9. The predicted molar refractivity (Wildman–Crippen MR) is 76.8 cm³/mol. The van der Waals surface area contributed by atoms with Crippen molar-refractivity contribution in [1.82, 2.24) is 20.3 Å². The SMILES string of the molecule is Cc1nn(C)cc1CNC(=O)c1noc2c1C[C@H](C)CC2. The summed E-state index contributed by atoms with van der Waals surface area (Å²) >= 11 is 0. The van der Waals surface area contributed by atoms with Gasteiger partial charge in [-0.2, -0.15) is 5.10 Å². The molecule has 0 saturated carbocycles.